The fourth-order valence-electron chi connectivity index (χ4n) is 4.18. The highest BCUT2D eigenvalue weighted by Crippen LogP contribution is 2.43. The molecule has 0 bridgehead atoms. The van der Waals surface area contributed by atoms with Gasteiger partial charge in [0.1, 0.15) is 5.75 Å². The van der Waals surface area contributed by atoms with Crippen molar-refractivity contribution in [2.75, 3.05) is 49.1 Å². The molecule has 0 unspecified atom stereocenters. The number of rotatable bonds is 5. The summed E-state index contributed by atoms with van der Waals surface area (Å²) in [5.74, 6) is 0.685. The van der Waals surface area contributed by atoms with E-state index in [1.54, 1.807) is 29.3 Å². The first-order chi connectivity index (χ1) is 14.0. The Bertz CT molecular complexity index is 911. The Balaban J connectivity index is 1.41. The normalized spacial score (nSPS) is 17.0. The number of carbonyl (C=O) groups excluding carboxylic acids is 1. The van der Waals surface area contributed by atoms with Crippen molar-refractivity contribution in [3.05, 3.63) is 47.4 Å². The highest BCUT2D eigenvalue weighted by Gasteiger charge is 2.54. The van der Waals surface area contributed by atoms with Crippen LogP contribution in [0.5, 0.6) is 5.75 Å². The minimum atomic E-state index is -0.307. The summed E-state index contributed by atoms with van der Waals surface area (Å²) in [5.41, 5.74) is 0.748. The molecule has 29 heavy (non-hydrogen) atoms. The number of anilines is 2. The van der Waals surface area contributed by atoms with Crippen LogP contribution in [-0.4, -0.2) is 55.2 Å². The SMILES string of the molecule is CCOc1cc(Cl)ccc1N(CC)C(=O)N1CC2(C1)CN(c1ncccc1F)C2. The Kier molecular flexibility index (Phi) is 5.25. The van der Waals surface area contributed by atoms with Gasteiger partial charge in [-0.25, -0.2) is 14.2 Å². The summed E-state index contributed by atoms with van der Waals surface area (Å²) in [4.78, 5) is 22.7. The summed E-state index contributed by atoms with van der Waals surface area (Å²) in [7, 11) is 0. The monoisotopic (exact) mass is 418 g/mol. The number of pyridine rings is 1. The number of hydrogen-bond acceptors (Lipinski definition) is 4. The molecule has 8 heteroatoms. The lowest BCUT2D eigenvalue weighted by molar-refractivity contribution is 0.00935. The van der Waals surface area contributed by atoms with Crippen LogP contribution in [0.4, 0.5) is 20.7 Å². The molecule has 0 saturated carbocycles. The first-order valence-corrected chi connectivity index (χ1v) is 10.2. The van der Waals surface area contributed by atoms with Crippen molar-refractivity contribution < 1.29 is 13.9 Å². The largest absolute Gasteiger partial charge is 0.492 e. The maximum absolute atomic E-state index is 13.9. The minimum absolute atomic E-state index is 0.0295. The molecule has 2 fully saturated rings. The van der Waals surface area contributed by atoms with Crippen molar-refractivity contribution in [2.24, 2.45) is 5.41 Å². The highest BCUT2D eigenvalue weighted by molar-refractivity contribution is 6.30. The van der Waals surface area contributed by atoms with Gasteiger partial charge in [-0.05, 0) is 38.1 Å². The molecule has 0 N–H and O–H groups in total. The summed E-state index contributed by atoms with van der Waals surface area (Å²) >= 11 is 6.09. The van der Waals surface area contributed by atoms with Crippen LogP contribution in [-0.2, 0) is 0 Å². The lowest BCUT2D eigenvalue weighted by Gasteiger charge is -2.60. The van der Waals surface area contributed by atoms with Crippen molar-refractivity contribution in [1.82, 2.24) is 9.88 Å². The number of aromatic nitrogens is 1. The molecular formula is C21H24ClFN4O2. The van der Waals surface area contributed by atoms with Crippen LogP contribution >= 0.6 is 11.6 Å². The Hall–Kier alpha value is -2.54. The third-order valence-electron chi connectivity index (χ3n) is 5.47. The topological polar surface area (TPSA) is 48.9 Å². The van der Waals surface area contributed by atoms with Gasteiger partial charge in [-0.3, -0.25) is 4.90 Å². The molecule has 6 nitrogen and oxygen atoms in total. The number of nitrogens with zero attached hydrogens (tertiary/aromatic N) is 4. The van der Waals surface area contributed by atoms with Crippen LogP contribution in [0, 0.1) is 11.2 Å². The van der Waals surface area contributed by atoms with E-state index < -0.39 is 0 Å². The molecule has 2 aliphatic rings. The maximum atomic E-state index is 13.9. The Morgan fingerprint density at radius 1 is 1.28 bits per heavy atom. The van der Waals surface area contributed by atoms with Crippen LogP contribution in [0.3, 0.4) is 0 Å². The van der Waals surface area contributed by atoms with E-state index in [4.69, 9.17) is 16.3 Å². The first-order valence-electron chi connectivity index (χ1n) is 9.80. The molecular weight excluding hydrogens is 395 g/mol. The van der Waals surface area contributed by atoms with Crippen molar-refractivity contribution in [2.45, 2.75) is 13.8 Å². The second kappa shape index (κ2) is 7.71. The highest BCUT2D eigenvalue weighted by atomic mass is 35.5. The lowest BCUT2D eigenvalue weighted by Crippen LogP contribution is -2.74. The van der Waals surface area contributed by atoms with Gasteiger partial charge in [0.2, 0.25) is 0 Å². The molecule has 154 valence electrons. The van der Waals surface area contributed by atoms with Crippen molar-refractivity contribution >= 4 is 29.1 Å². The van der Waals surface area contributed by atoms with Gasteiger partial charge in [0.15, 0.2) is 11.6 Å². The molecule has 3 heterocycles. The summed E-state index contributed by atoms with van der Waals surface area (Å²) in [6.07, 6.45) is 1.60. The molecule has 2 aliphatic heterocycles. The first kappa shape index (κ1) is 19.8. The summed E-state index contributed by atoms with van der Waals surface area (Å²) in [6.45, 7) is 7.59. The molecule has 2 saturated heterocycles. The van der Waals surface area contributed by atoms with E-state index in [2.05, 4.69) is 4.98 Å². The molecule has 1 aromatic heterocycles. The Morgan fingerprint density at radius 3 is 2.69 bits per heavy atom. The van der Waals surface area contributed by atoms with E-state index in [9.17, 15) is 9.18 Å². The quantitative estimate of drug-likeness (QED) is 0.735. The number of benzene rings is 1. The average molecular weight is 419 g/mol. The molecule has 2 aromatic rings. The zero-order valence-electron chi connectivity index (χ0n) is 16.6. The van der Waals surface area contributed by atoms with E-state index in [1.807, 2.05) is 29.7 Å². The van der Waals surface area contributed by atoms with Gasteiger partial charge in [-0.15, -0.1) is 0 Å². The molecule has 0 atom stereocenters. The number of likely N-dealkylation sites (tertiary alicyclic amines) is 1. The average Bonchev–Trinajstić information content (AvgIpc) is 2.63. The van der Waals surface area contributed by atoms with Gasteiger partial charge in [0, 0.05) is 55.4 Å². The number of amides is 2. The van der Waals surface area contributed by atoms with E-state index in [-0.39, 0.29) is 17.3 Å². The van der Waals surface area contributed by atoms with Gasteiger partial charge in [-0.2, -0.15) is 0 Å². The zero-order valence-corrected chi connectivity index (χ0v) is 17.3. The number of ether oxygens (including phenoxy) is 1. The lowest BCUT2D eigenvalue weighted by atomic mass is 9.73. The fraction of sp³-hybridized carbons (Fsp3) is 0.429. The van der Waals surface area contributed by atoms with Gasteiger partial charge >= 0.3 is 6.03 Å². The van der Waals surface area contributed by atoms with Crippen molar-refractivity contribution in [1.29, 1.82) is 0 Å². The summed E-state index contributed by atoms with van der Waals surface area (Å²) in [5, 5.41) is 0.569. The predicted octanol–water partition coefficient (Wildman–Crippen LogP) is 4.04. The number of hydrogen-bond donors (Lipinski definition) is 0. The van der Waals surface area contributed by atoms with Gasteiger partial charge in [0.05, 0.1) is 12.3 Å². The van der Waals surface area contributed by atoms with Crippen LogP contribution in [0.2, 0.25) is 5.02 Å². The van der Waals surface area contributed by atoms with Crippen LogP contribution in [0.25, 0.3) is 0 Å². The number of urea groups is 1. The fourth-order valence-corrected chi connectivity index (χ4v) is 4.35. The third kappa shape index (κ3) is 3.59. The van der Waals surface area contributed by atoms with E-state index in [0.717, 1.165) is 5.69 Å². The van der Waals surface area contributed by atoms with Crippen molar-refractivity contribution in [3.8, 4) is 5.75 Å². The van der Waals surface area contributed by atoms with E-state index >= 15 is 0 Å². The molecule has 1 aromatic carbocycles. The van der Waals surface area contributed by atoms with Gasteiger partial charge < -0.3 is 14.5 Å². The molecule has 4 rings (SSSR count). The molecule has 0 radical (unpaired) electrons. The molecule has 0 aliphatic carbocycles. The smallest absolute Gasteiger partial charge is 0.324 e. The second-order valence-electron chi connectivity index (χ2n) is 7.59. The summed E-state index contributed by atoms with van der Waals surface area (Å²) < 4.78 is 19.6. The molecule has 2 amide bonds. The standard InChI is InChI=1S/C21H24ClFN4O2/c1-3-27(17-8-7-15(22)10-18(17)29-4-2)20(28)26-13-21(14-26)11-25(12-21)19-16(23)6-5-9-24-19/h5-10H,3-4,11-14H2,1-2H3. The molecule has 1 spiro atoms. The zero-order chi connectivity index (χ0) is 20.6. The Morgan fingerprint density at radius 2 is 2.03 bits per heavy atom. The number of carbonyl (C=O) groups is 1. The van der Waals surface area contributed by atoms with E-state index in [0.29, 0.717) is 55.9 Å². The minimum Gasteiger partial charge on any atom is -0.492 e. The maximum Gasteiger partial charge on any atom is 0.324 e. The van der Waals surface area contributed by atoms with E-state index in [1.165, 1.54) is 6.07 Å². The van der Waals surface area contributed by atoms with Crippen LogP contribution in [0.15, 0.2) is 36.5 Å². The van der Waals surface area contributed by atoms with Crippen molar-refractivity contribution in [3.63, 3.8) is 0 Å². The third-order valence-corrected chi connectivity index (χ3v) is 5.71. The van der Waals surface area contributed by atoms with Crippen LogP contribution < -0.4 is 14.5 Å². The van der Waals surface area contributed by atoms with Gasteiger partial charge in [-0.1, -0.05) is 11.6 Å². The second-order valence-corrected chi connectivity index (χ2v) is 8.03. The predicted molar refractivity (Wildman–Crippen MR) is 111 cm³/mol. The van der Waals surface area contributed by atoms with Crippen LogP contribution in [0.1, 0.15) is 13.8 Å². The van der Waals surface area contributed by atoms with Gasteiger partial charge in [0.25, 0.3) is 0 Å². The summed E-state index contributed by atoms with van der Waals surface area (Å²) in [6, 6.07) is 8.27. The Labute approximate surface area is 174 Å². The number of halogens is 2.